The molecule has 2 aromatic rings. The number of aromatic nitrogens is 2. The van der Waals surface area contributed by atoms with E-state index in [1.54, 1.807) is 24.3 Å². The molecule has 0 saturated heterocycles. The quantitative estimate of drug-likeness (QED) is 0.462. The third-order valence-corrected chi connectivity index (χ3v) is 2.42. The third kappa shape index (κ3) is 4.30. The molecule has 3 N–H and O–H groups in total. The highest BCUT2D eigenvalue weighted by Gasteiger charge is 2.10. The van der Waals surface area contributed by atoms with Crippen LogP contribution in [-0.2, 0) is 6.73 Å². The van der Waals surface area contributed by atoms with Crippen molar-refractivity contribution in [3.8, 4) is 5.75 Å². The van der Waals surface area contributed by atoms with Crippen LogP contribution in [0.3, 0.4) is 0 Å². The molecule has 0 atom stereocenters. The monoisotopic (exact) mass is 304 g/mol. The van der Waals surface area contributed by atoms with Gasteiger partial charge in [0.15, 0.2) is 0 Å². The van der Waals surface area contributed by atoms with Crippen LogP contribution in [-0.4, -0.2) is 26.9 Å². The van der Waals surface area contributed by atoms with Crippen molar-refractivity contribution in [2.75, 3.05) is 0 Å². The van der Waals surface area contributed by atoms with Crippen LogP contribution in [0.4, 0.5) is 10.6 Å². The van der Waals surface area contributed by atoms with Crippen molar-refractivity contribution >= 4 is 18.1 Å². The predicted octanol–water partition coefficient (Wildman–Crippen LogP) is 0.830. The zero-order valence-corrected chi connectivity index (χ0v) is 11.2. The normalized spacial score (nSPS) is 10.5. The van der Waals surface area contributed by atoms with Crippen LogP contribution in [0.15, 0.2) is 41.6 Å². The number of urea groups is 1. The molecule has 0 aliphatic carbocycles. The van der Waals surface area contributed by atoms with Gasteiger partial charge in [-0.05, 0) is 22.6 Å². The van der Waals surface area contributed by atoms with Crippen LogP contribution >= 0.6 is 0 Å². The molecule has 0 aliphatic heterocycles. The Labute approximate surface area is 124 Å². The highest BCUT2D eigenvalue weighted by atomic mass is 16.6. The molecule has 0 spiro atoms. The Balaban J connectivity index is 1.96. The summed E-state index contributed by atoms with van der Waals surface area (Å²) in [5, 5.41) is 17.9. The first-order valence-corrected chi connectivity index (χ1v) is 6.04. The van der Waals surface area contributed by atoms with Crippen molar-refractivity contribution in [3.63, 3.8) is 0 Å². The predicted molar refractivity (Wildman–Crippen MR) is 76.3 cm³/mol. The van der Waals surface area contributed by atoms with Crippen molar-refractivity contribution in [1.29, 1.82) is 0 Å². The van der Waals surface area contributed by atoms with E-state index in [9.17, 15) is 14.9 Å². The maximum atomic E-state index is 10.5. The molecule has 22 heavy (non-hydrogen) atoms. The van der Waals surface area contributed by atoms with Crippen molar-refractivity contribution in [2.45, 2.75) is 6.73 Å². The second-order valence-electron chi connectivity index (χ2n) is 4.05. The molecule has 1 aromatic carbocycles. The molecule has 1 heterocycles. The van der Waals surface area contributed by atoms with Crippen LogP contribution in [0, 0.1) is 10.1 Å². The molecule has 0 bridgehead atoms. The smallest absolute Gasteiger partial charge is 0.390 e. The molecule has 2 rings (SSSR count). The molecule has 0 radical (unpaired) electrons. The first kappa shape index (κ1) is 15.0. The van der Waals surface area contributed by atoms with E-state index in [0.717, 1.165) is 0 Å². The van der Waals surface area contributed by atoms with E-state index in [0.29, 0.717) is 11.3 Å². The van der Waals surface area contributed by atoms with Gasteiger partial charge in [0.05, 0.1) is 23.6 Å². The Kier molecular flexibility index (Phi) is 4.65. The minimum absolute atomic E-state index is 0.0218. The van der Waals surface area contributed by atoms with E-state index in [1.165, 1.54) is 23.2 Å². The lowest BCUT2D eigenvalue weighted by Gasteiger charge is -2.04. The van der Waals surface area contributed by atoms with Crippen LogP contribution in [0.5, 0.6) is 5.75 Å². The summed E-state index contributed by atoms with van der Waals surface area (Å²) in [6, 6.07) is 7.37. The lowest BCUT2D eigenvalue weighted by Crippen LogP contribution is -2.24. The first-order chi connectivity index (χ1) is 10.5. The molecule has 0 aliphatic rings. The number of ether oxygens (including phenoxy) is 1. The van der Waals surface area contributed by atoms with E-state index in [-0.39, 0.29) is 12.5 Å². The van der Waals surface area contributed by atoms with Crippen molar-refractivity contribution in [2.24, 2.45) is 10.8 Å². The number of nitro groups is 1. The highest BCUT2D eigenvalue weighted by molar-refractivity contribution is 5.81. The molecule has 0 unspecified atom stereocenters. The SMILES string of the molecule is NC(=O)NN=Cc1cccc(OCn2ccc([N+](=O)[O-])n2)c1. The average Bonchev–Trinajstić information content (AvgIpc) is 2.94. The van der Waals surface area contributed by atoms with Crippen LogP contribution < -0.4 is 15.9 Å². The molecule has 0 saturated carbocycles. The van der Waals surface area contributed by atoms with Gasteiger partial charge in [-0.25, -0.2) is 10.2 Å². The summed E-state index contributed by atoms with van der Waals surface area (Å²) in [6.45, 7) is 0.0218. The number of nitrogens with one attached hydrogen (secondary N) is 1. The first-order valence-electron chi connectivity index (χ1n) is 6.04. The Bertz CT molecular complexity index is 711. The van der Waals surface area contributed by atoms with Crippen LogP contribution in [0.25, 0.3) is 0 Å². The number of hydrazone groups is 1. The van der Waals surface area contributed by atoms with Gasteiger partial charge in [-0.15, -0.1) is 4.68 Å². The Hall–Kier alpha value is -3.43. The topological polar surface area (TPSA) is 138 Å². The fourth-order valence-corrected chi connectivity index (χ4v) is 1.52. The Morgan fingerprint density at radius 2 is 2.36 bits per heavy atom. The molecule has 10 heteroatoms. The minimum Gasteiger partial charge on any atom is -0.469 e. The molecule has 10 nitrogen and oxygen atoms in total. The van der Waals surface area contributed by atoms with E-state index in [2.05, 4.69) is 15.6 Å². The Morgan fingerprint density at radius 1 is 1.55 bits per heavy atom. The van der Waals surface area contributed by atoms with Gasteiger partial charge in [0.1, 0.15) is 5.75 Å². The van der Waals surface area contributed by atoms with E-state index < -0.39 is 11.0 Å². The van der Waals surface area contributed by atoms with E-state index in [4.69, 9.17) is 10.5 Å². The van der Waals surface area contributed by atoms with Gasteiger partial charge in [0.2, 0.25) is 6.73 Å². The zero-order valence-electron chi connectivity index (χ0n) is 11.2. The Morgan fingerprint density at radius 3 is 3.05 bits per heavy atom. The summed E-state index contributed by atoms with van der Waals surface area (Å²) < 4.78 is 6.76. The van der Waals surface area contributed by atoms with Gasteiger partial charge in [-0.1, -0.05) is 12.1 Å². The number of hydrogen-bond acceptors (Lipinski definition) is 6. The molecular weight excluding hydrogens is 292 g/mol. The summed E-state index contributed by atoms with van der Waals surface area (Å²) in [5.74, 6) is 0.267. The summed E-state index contributed by atoms with van der Waals surface area (Å²) in [6.07, 6.45) is 2.84. The van der Waals surface area contributed by atoms with Crippen molar-refractivity contribution in [1.82, 2.24) is 15.2 Å². The van der Waals surface area contributed by atoms with E-state index in [1.807, 2.05) is 0 Å². The van der Waals surface area contributed by atoms with Gasteiger partial charge >= 0.3 is 11.8 Å². The summed E-state index contributed by atoms with van der Waals surface area (Å²) in [4.78, 5) is 20.4. The molecule has 114 valence electrons. The number of amides is 2. The molecule has 2 amide bonds. The fraction of sp³-hybridized carbons (Fsp3) is 0.0833. The molecule has 1 aromatic heterocycles. The lowest BCUT2D eigenvalue weighted by atomic mass is 10.2. The maximum absolute atomic E-state index is 10.5. The van der Waals surface area contributed by atoms with E-state index >= 15 is 0 Å². The highest BCUT2D eigenvalue weighted by Crippen LogP contribution is 2.13. The van der Waals surface area contributed by atoms with Crippen molar-refractivity contribution in [3.05, 3.63) is 52.2 Å². The largest absolute Gasteiger partial charge is 0.469 e. The third-order valence-electron chi connectivity index (χ3n) is 2.42. The number of benzene rings is 1. The number of primary amides is 1. The number of rotatable bonds is 6. The number of carbonyl (C=O) groups excluding carboxylic acids is 1. The lowest BCUT2D eigenvalue weighted by molar-refractivity contribution is -0.389. The van der Waals surface area contributed by atoms with Gasteiger partial charge in [0, 0.05) is 0 Å². The molecule has 0 fully saturated rings. The number of carbonyl (C=O) groups is 1. The second kappa shape index (κ2) is 6.83. The number of nitrogens with two attached hydrogens (primary N) is 1. The molecular formula is C12H12N6O4. The number of nitrogens with zero attached hydrogens (tertiary/aromatic N) is 4. The minimum atomic E-state index is -0.760. The summed E-state index contributed by atoms with van der Waals surface area (Å²) >= 11 is 0. The average molecular weight is 304 g/mol. The van der Waals surface area contributed by atoms with Crippen LogP contribution in [0.1, 0.15) is 5.56 Å². The van der Waals surface area contributed by atoms with Gasteiger partial charge in [0.25, 0.3) is 0 Å². The van der Waals surface area contributed by atoms with Gasteiger partial charge < -0.3 is 20.6 Å². The maximum Gasteiger partial charge on any atom is 0.390 e. The van der Waals surface area contributed by atoms with Crippen LogP contribution in [0.2, 0.25) is 0 Å². The van der Waals surface area contributed by atoms with Crippen molar-refractivity contribution < 1.29 is 14.5 Å². The fourth-order valence-electron chi connectivity index (χ4n) is 1.52. The summed E-state index contributed by atoms with van der Waals surface area (Å²) in [7, 11) is 0. The standard InChI is InChI=1S/C12H12N6O4/c13-12(19)15-14-7-9-2-1-3-10(6-9)22-8-17-5-4-11(16-17)18(20)21/h1-7H,8H2,(H3,13,15,19). The zero-order chi connectivity index (χ0) is 15.9. The van der Waals surface area contributed by atoms with Gasteiger partial charge in [-0.2, -0.15) is 5.10 Å². The van der Waals surface area contributed by atoms with Gasteiger partial charge in [-0.3, -0.25) is 0 Å². The number of hydrogen-bond donors (Lipinski definition) is 2. The second-order valence-corrected chi connectivity index (χ2v) is 4.05. The summed E-state index contributed by atoms with van der Waals surface area (Å²) in [5.41, 5.74) is 7.63.